The summed E-state index contributed by atoms with van der Waals surface area (Å²) in [6.45, 7) is 7.47. The Morgan fingerprint density at radius 2 is 1.80 bits per heavy atom. The number of nitrogens with zero attached hydrogens (tertiary/aromatic N) is 1. The van der Waals surface area contributed by atoms with Gasteiger partial charge in [0.15, 0.2) is 0 Å². The summed E-state index contributed by atoms with van der Waals surface area (Å²) in [5.74, 6) is 1.31. The summed E-state index contributed by atoms with van der Waals surface area (Å²) in [6, 6.07) is 0. The lowest BCUT2D eigenvalue weighted by molar-refractivity contribution is 0.262. The monoisotopic (exact) mass is 288 g/mol. The zero-order chi connectivity index (χ0) is 14.2. The molecular weight excluding hydrogens is 260 g/mol. The van der Waals surface area contributed by atoms with Gasteiger partial charge in [0.2, 0.25) is 0 Å². The van der Waals surface area contributed by atoms with E-state index in [0.717, 1.165) is 5.54 Å². The van der Waals surface area contributed by atoms with Crippen molar-refractivity contribution in [2.45, 2.75) is 37.9 Å². The van der Waals surface area contributed by atoms with Crippen LogP contribution in [0.3, 0.4) is 0 Å². The molecule has 0 radical (unpaired) electrons. The Balaban J connectivity index is 1.89. The molecule has 1 saturated heterocycles. The highest BCUT2D eigenvalue weighted by Crippen LogP contribution is 2.48. The van der Waals surface area contributed by atoms with E-state index in [1.807, 2.05) is 0 Å². The van der Waals surface area contributed by atoms with Crippen molar-refractivity contribution in [2.75, 3.05) is 20.1 Å². The molecule has 1 N–H and O–H groups in total. The van der Waals surface area contributed by atoms with Crippen molar-refractivity contribution in [3.8, 4) is 0 Å². The molecule has 3 atom stereocenters. The van der Waals surface area contributed by atoms with E-state index in [1.54, 1.807) is 5.70 Å². The van der Waals surface area contributed by atoms with Crippen molar-refractivity contribution in [3.63, 3.8) is 0 Å². The second-order valence-corrected chi connectivity index (χ2v) is 11.6. The van der Waals surface area contributed by atoms with Crippen molar-refractivity contribution in [1.29, 1.82) is 0 Å². The van der Waals surface area contributed by atoms with Crippen molar-refractivity contribution in [1.82, 2.24) is 9.88 Å². The molecule has 0 saturated carbocycles. The lowest BCUT2D eigenvalue weighted by Crippen LogP contribution is -2.48. The lowest BCUT2D eigenvalue weighted by Gasteiger charge is -2.35. The van der Waals surface area contributed by atoms with Crippen LogP contribution >= 0.6 is 0 Å². The first kappa shape index (κ1) is 14.1. The molecule has 1 heterocycles. The van der Waals surface area contributed by atoms with Gasteiger partial charge in [-0.25, -0.2) is 0 Å². The maximum atomic E-state index is 3.66. The second kappa shape index (κ2) is 5.53. The summed E-state index contributed by atoms with van der Waals surface area (Å²) in [5.41, 5.74) is 2.34. The average molecular weight is 289 g/mol. The van der Waals surface area contributed by atoms with Crippen molar-refractivity contribution in [3.05, 3.63) is 36.1 Å². The van der Waals surface area contributed by atoms with Gasteiger partial charge in [-0.3, -0.25) is 0 Å². The van der Waals surface area contributed by atoms with Gasteiger partial charge in [0.05, 0.1) is 0 Å². The van der Waals surface area contributed by atoms with Gasteiger partial charge in [0, 0.05) is 24.7 Å². The molecule has 3 unspecified atom stereocenters. The summed E-state index contributed by atoms with van der Waals surface area (Å²) >= 11 is 0. The fourth-order valence-corrected chi connectivity index (χ4v) is 6.20. The van der Waals surface area contributed by atoms with Crippen molar-refractivity contribution >= 4 is 8.24 Å². The Kier molecular flexibility index (Phi) is 3.91. The summed E-state index contributed by atoms with van der Waals surface area (Å²) in [6.07, 6.45) is 16.2. The molecule has 0 aromatic rings. The van der Waals surface area contributed by atoms with Crippen LogP contribution in [0.4, 0.5) is 0 Å². The first-order valence-corrected chi connectivity index (χ1v) is 11.2. The summed E-state index contributed by atoms with van der Waals surface area (Å²) < 4.78 is 0. The van der Waals surface area contributed by atoms with Crippen molar-refractivity contribution in [2.24, 2.45) is 11.8 Å². The summed E-state index contributed by atoms with van der Waals surface area (Å²) in [4.78, 5) is 6.33. The predicted molar refractivity (Wildman–Crippen MR) is 89.1 cm³/mol. The van der Waals surface area contributed by atoms with Gasteiger partial charge in [-0.2, -0.15) is 0 Å². The third kappa shape index (κ3) is 2.42. The van der Waals surface area contributed by atoms with E-state index in [0.29, 0.717) is 11.8 Å². The number of likely N-dealkylation sites (tertiary alicyclic amines) is 1. The van der Waals surface area contributed by atoms with Gasteiger partial charge in [0.25, 0.3) is 0 Å². The normalized spacial score (nSPS) is 33.2. The molecule has 2 nitrogen and oxygen atoms in total. The molecule has 3 heteroatoms. The molecular formula is C17H28N2Si. The molecule has 2 aliphatic carbocycles. The fraction of sp³-hybridized carbons (Fsp3) is 0.647. The highest BCUT2D eigenvalue weighted by atomic mass is 28.3. The van der Waals surface area contributed by atoms with Crippen LogP contribution in [0, 0.1) is 11.8 Å². The standard InChI is InChI=1S/C17H28N2Si/c1-18-20(2,3)17-13-16(19-11-7-4-8-12-19)14-9-5-6-10-15(14)17/h5-6,9-10,13-15,17-18H,4,7-8,11-12H2,1-3H3. The largest absolute Gasteiger partial charge is 0.375 e. The van der Waals surface area contributed by atoms with Crippen LogP contribution in [-0.4, -0.2) is 33.3 Å². The Hall–Kier alpha value is -0.803. The van der Waals surface area contributed by atoms with Gasteiger partial charge in [0.1, 0.15) is 8.24 Å². The zero-order valence-electron chi connectivity index (χ0n) is 13.1. The van der Waals surface area contributed by atoms with Crippen LogP contribution in [0.15, 0.2) is 36.1 Å². The summed E-state index contributed by atoms with van der Waals surface area (Å²) in [5, 5.41) is 0. The first-order chi connectivity index (χ1) is 9.63. The molecule has 1 fully saturated rings. The Morgan fingerprint density at radius 3 is 2.50 bits per heavy atom. The quantitative estimate of drug-likeness (QED) is 0.799. The fourth-order valence-electron chi connectivity index (χ4n) is 3.99. The SMILES string of the molecule is CN[Si](C)(C)C1C=C(N2CCCCC2)C2C=CC=CC21. The number of hydrogen-bond donors (Lipinski definition) is 1. The minimum atomic E-state index is -1.40. The highest BCUT2D eigenvalue weighted by molar-refractivity contribution is 6.77. The van der Waals surface area contributed by atoms with E-state index in [4.69, 9.17) is 0 Å². The topological polar surface area (TPSA) is 15.3 Å². The number of nitrogens with one attached hydrogen (secondary N) is 1. The average Bonchev–Trinajstić information content (AvgIpc) is 2.88. The van der Waals surface area contributed by atoms with E-state index < -0.39 is 8.24 Å². The van der Waals surface area contributed by atoms with Gasteiger partial charge in [-0.1, -0.05) is 43.5 Å². The maximum Gasteiger partial charge on any atom is 0.126 e. The van der Waals surface area contributed by atoms with E-state index in [9.17, 15) is 0 Å². The van der Waals surface area contributed by atoms with Crippen molar-refractivity contribution < 1.29 is 0 Å². The number of fused-ring (bicyclic) bond motifs is 1. The highest BCUT2D eigenvalue weighted by Gasteiger charge is 2.44. The van der Waals surface area contributed by atoms with Gasteiger partial charge >= 0.3 is 0 Å². The van der Waals surface area contributed by atoms with E-state index in [-0.39, 0.29) is 0 Å². The van der Waals surface area contributed by atoms with Crippen LogP contribution in [0.2, 0.25) is 18.6 Å². The van der Waals surface area contributed by atoms with Gasteiger partial charge in [-0.05, 0) is 37.8 Å². The van der Waals surface area contributed by atoms with Crippen LogP contribution in [-0.2, 0) is 0 Å². The van der Waals surface area contributed by atoms with Crippen LogP contribution in [0.1, 0.15) is 19.3 Å². The molecule has 0 aromatic heterocycles. The molecule has 3 aliphatic rings. The molecule has 1 aliphatic heterocycles. The smallest absolute Gasteiger partial charge is 0.126 e. The van der Waals surface area contributed by atoms with Gasteiger partial charge < -0.3 is 9.88 Å². The van der Waals surface area contributed by atoms with Crippen LogP contribution in [0.5, 0.6) is 0 Å². The molecule has 3 rings (SSSR count). The lowest BCUT2D eigenvalue weighted by atomic mass is 9.89. The molecule has 0 bridgehead atoms. The van der Waals surface area contributed by atoms with Crippen LogP contribution < -0.4 is 4.98 Å². The Bertz CT molecular complexity index is 444. The number of rotatable bonds is 3. The maximum absolute atomic E-state index is 3.66. The molecule has 110 valence electrons. The minimum absolute atomic E-state index is 0.628. The predicted octanol–water partition coefficient (Wildman–Crippen LogP) is 3.52. The van der Waals surface area contributed by atoms with E-state index >= 15 is 0 Å². The molecule has 0 aromatic carbocycles. The second-order valence-electron chi connectivity index (χ2n) is 7.01. The number of allylic oxidation sites excluding steroid dienone is 5. The zero-order valence-corrected chi connectivity index (χ0v) is 14.1. The number of hydrogen-bond acceptors (Lipinski definition) is 2. The third-order valence-electron chi connectivity index (χ3n) is 5.48. The molecule has 0 amide bonds. The first-order valence-electron chi connectivity index (χ1n) is 8.14. The molecule has 0 spiro atoms. The van der Waals surface area contributed by atoms with Gasteiger partial charge in [-0.15, -0.1) is 0 Å². The molecule has 20 heavy (non-hydrogen) atoms. The van der Waals surface area contributed by atoms with E-state index in [1.165, 1.54) is 32.4 Å². The number of piperidine rings is 1. The van der Waals surface area contributed by atoms with E-state index in [2.05, 4.69) is 60.4 Å². The Labute approximate surface area is 124 Å². The Morgan fingerprint density at radius 1 is 1.10 bits per heavy atom. The minimum Gasteiger partial charge on any atom is -0.375 e. The van der Waals surface area contributed by atoms with Crippen LogP contribution in [0.25, 0.3) is 0 Å². The summed E-state index contributed by atoms with van der Waals surface area (Å²) in [7, 11) is 0.753. The third-order valence-corrected chi connectivity index (χ3v) is 8.99.